The summed E-state index contributed by atoms with van der Waals surface area (Å²) in [7, 11) is 1.46. The fourth-order valence-corrected chi connectivity index (χ4v) is 3.25. The van der Waals surface area contributed by atoms with Gasteiger partial charge in [-0.2, -0.15) is 0 Å². The third-order valence-electron chi connectivity index (χ3n) is 4.53. The second kappa shape index (κ2) is 5.03. The molecule has 1 aromatic heterocycles. The van der Waals surface area contributed by atoms with Gasteiger partial charge in [0.1, 0.15) is 29.1 Å². The number of aryl methyl sites for hydroxylation is 1. The smallest absolute Gasteiger partial charge is 0.239 e. The Hall–Kier alpha value is -2.95. The molecule has 0 saturated heterocycles. The van der Waals surface area contributed by atoms with Crippen molar-refractivity contribution in [1.29, 1.82) is 0 Å². The van der Waals surface area contributed by atoms with Crippen LogP contribution >= 0.6 is 0 Å². The van der Waals surface area contributed by atoms with Crippen LogP contribution in [0.2, 0.25) is 0 Å². The molecular weight excluding hydrogens is 308 g/mol. The van der Waals surface area contributed by atoms with Crippen molar-refractivity contribution in [2.75, 3.05) is 7.11 Å². The van der Waals surface area contributed by atoms with Gasteiger partial charge in [-0.05, 0) is 13.8 Å². The van der Waals surface area contributed by atoms with Gasteiger partial charge < -0.3 is 19.0 Å². The summed E-state index contributed by atoms with van der Waals surface area (Å²) in [6, 6.07) is 7.63. The first-order chi connectivity index (χ1) is 11.5. The lowest BCUT2D eigenvalue weighted by molar-refractivity contribution is 0.289. The molecule has 0 radical (unpaired) electrons. The highest BCUT2D eigenvalue weighted by Crippen LogP contribution is 2.43. The maximum atomic E-state index is 13.0. The molecule has 1 aliphatic rings. The molecule has 0 fully saturated rings. The summed E-state index contributed by atoms with van der Waals surface area (Å²) in [5.74, 6) is 0.950. The molecule has 0 saturated carbocycles. The number of hydrogen-bond acceptors (Lipinski definition) is 5. The van der Waals surface area contributed by atoms with Crippen LogP contribution in [0.3, 0.4) is 0 Å². The molecule has 122 valence electrons. The Kier molecular flexibility index (Phi) is 3.06. The van der Waals surface area contributed by atoms with Gasteiger partial charge in [-0.1, -0.05) is 24.3 Å². The van der Waals surface area contributed by atoms with Crippen molar-refractivity contribution in [1.82, 2.24) is 0 Å². The molecule has 0 amide bonds. The zero-order chi connectivity index (χ0) is 17.0. The SMILES string of the molecule is COc1c(C)c(O)c(C)c2oc3c(c(=O)c12)OCc1ccccc1-3. The van der Waals surface area contributed by atoms with Crippen LogP contribution in [0.4, 0.5) is 0 Å². The molecule has 2 aromatic carbocycles. The van der Waals surface area contributed by atoms with E-state index in [0.29, 0.717) is 40.2 Å². The largest absolute Gasteiger partial charge is 0.507 e. The first-order valence-corrected chi connectivity index (χ1v) is 7.62. The van der Waals surface area contributed by atoms with Crippen molar-refractivity contribution in [3.63, 3.8) is 0 Å². The van der Waals surface area contributed by atoms with Crippen LogP contribution in [0, 0.1) is 13.8 Å². The molecule has 5 heteroatoms. The van der Waals surface area contributed by atoms with Crippen LogP contribution in [-0.4, -0.2) is 12.2 Å². The number of phenolic OH excluding ortho intramolecular Hbond substituents is 1. The Morgan fingerprint density at radius 2 is 1.92 bits per heavy atom. The number of methoxy groups -OCH3 is 1. The zero-order valence-corrected chi connectivity index (χ0v) is 13.6. The van der Waals surface area contributed by atoms with Gasteiger partial charge in [-0.3, -0.25) is 4.79 Å². The Balaban J connectivity index is 2.20. The highest BCUT2D eigenvalue weighted by molar-refractivity contribution is 5.93. The summed E-state index contributed by atoms with van der Waals surface area (Å²) in [5.41, 5.74) is 2.82. The monoisotopic (exact) mass is 324 g/mol. The summed E-state index contributed by atoms with van der Waals surface area (Å²) < 4.78 is 17.1. The Morgan fingerprint density at radius 1 is 1.17 bits per heavy atom. The zero-order valence-electron chi connectivity index (χ0n) is 13.6. The lowest BCUT2D eigenvalue weighted by Gasteiger charge is -2.21. The standard InChI is InChI=1S/C19H16O5/c1-9-14(20)10(2)17-13(16(9)22-3)15(21)19-18(24-17)12-7-5-4-6-11(12)8-23-19/h4-7,20H,8H2,1-3H3. The predicted octanol–water partition coefficient (Wildman–Crippen LogP) is 3.68. The van der Waals surface area contributed by atoms with E-state index in [-0.39, 0.29) is 16.9 Å². The molecule has 0 bridgehead atoms. The highest BCUT2D eigenvalue weighted by Gasteiger charge is 2.28. The van der Waals surface area contributed by atoms with Crippen molar-refractivity contribution in [2.45, 2.75) is 20.5 Å². The van der Waals surface area contributed by atoms with E-state index in [4.69, 9.17) is 13.9 Å². The Labute approximate surface area is 138 Å². The second-order valence-electron chi connectivity index (χ2n) is 5.87. The first kappa shape index (κ1) is 14.6. The summed E-state index contributed by atoms with van der Waals surface area (Å²) in [6.45, 7) is 3.74. The van der Waals surface area contributed by atoms with E-state index < -0.39 is 0 Å². The Bertz CT molecular complexity index is 1050. The number of phenols is 1. The van der Waals surface area contributed by atoms with Gasteiger partial charge in [0.2, 0.25) is 11.2 Å². The maximum Gasteiger partial charge on any atom is 0.239 e. The van der Waals surface area contributed by atoms with Gasteiger partial charge in [0.25, 0.3) is 0 Å². The molecule has 3 aromatic rings. The van der Waals surface area contributed by atoms with Crippen molar-refractivity contribution in [3.8, 4) is 28.6 Å². The third kappa shape index (κ3) is 1.78. The lowest BCUT2D eigenvalue weighted by atomic mass is 9.99. The van der Waals surface area contributed by atoms with E-state index in [1.54, 1.807) is 13.8 Å². The number of hydrogen-bond donors (Lipinski definition) is 1. The molecule has 1 N–H and O–H groups in total. The molecule has 5 nitrogen and oxygen atoms in total. The average molecular weight is 324 g/mol. The van der Waals surface area contributed by atoms with Gasteiger partial charge in [-0.15, -0.1) is 0 Å². The molecule has 1 aliphatic heterocycles. The summed E-state index contributed by atoms with van der Waals surface area (Å²) in [4.78, 5) is 13.0. The normalized spacial score (nSPS) is 12.5. The van der Waals surface area contributed by atoms with Crippen LogP contribution in [0.15, 0.2) is 33.5 Å². The van der Waals surface area contributed by atoms with Crippen LogP contribution < -0.4 is 14.9 Å². The van der Waals surface area contributed by atoms with E-state index in [9.17, 15) is 9.90 Å². The van der Waals surface area contributed by atoms with E-state index in [1.165, 1.54) is 7.11 Å². The van der Waals surface area contributed by atoms with Crippen molar-refractivity contribution in [3.05, 3.63) is 51.2 Å². The predicted molar refractivity (Wildman–Crippen MR) is 89.9 cm³/mol. The van der Waals surface area contributed by atoms with Crippen molar-refractivity contribution >= 4 is 11.0 Å². The van der Waals surface area contributed by atoms with Gasteiger partial charge in [0.15, 0.2) is 5.76 Å². The quantitative estimate of drug-likeness (QED) is 0.739. The first-order valence-electron chi connectivity index (χ1n) is 7.62. The third-order valence-corrected chi connectivity index (χ3v) is 4.53. The molecule has 0 atom stereocenters. The molecular formula is C19H16O5. The number of rotatable bonds is 1. The number of fused-ring (bicyclic) bond motifs is 4. The molecule has 0 unspecified atom stereocenters. The number of ether oxygens (including phenoxy) is 2. The van der Waals surface area contributed by atoms with Gasteiger partial charge >= 0.3 is 0 Å². The minimum atomic E-state index is -0.288. The average Bonchev–Trinajstić information content (AvgIpc) is 2.61. The van der Waals surface area contributed by atoms with Crippen LogP contribution in [0.1, 0.15) is 16.7 Å². The van der Waals surface area contributed by atoms with Gasteiger partial charge in [0, 0.05) is 22.3 Å². The summed E-state index contributed by atoms with van der Waals surface area (Å²) in [5, 5.41) is 10.6. The van der Waals surface area contributed by atoms with E-state index in [1.807, 2.05) is 24.3 Å². The molecule has 24 heavy (non-hydrogen) atoms. The fraction of sp³-hybridized carbons (Fsp3) is 0.211. The molecule has 2 heterocycles. The molecule has 0 aliphatic carbocycles. The maximum absolute atomic E-state index is 13.0. The molecule has 0 spiro atoms. The molecule has 4 rings (SSSR count). The lowest BCUT2D eigenvalue weighted by Crippen LogP contribution is -2.15. The number of benzene rings is 2. The van der Waals surface area contributed by atoms with Gasteiger partial charge in [0.05, 0.1) is 7.11 Å². The van der Waals surface area contributed by atoms with Crippen LogP contribution in [0.25, 0.3) is 22.3 Å². The van der Waals surface area contributed by atoms with E-state index in [0.717, 1.165) is 11.1 Å². The summed E-state index contributed by atoms with van der Waals surface area (Å²) >= 11 is 0. The summed E-state index contributed by atoms with van der Waals surface area (Å²) in [6.07, 6.45) is 0. The van der Waals surface area contributed by atoms with Crippen molar-refractivity contribution < 1.29 is 19.0 Å². The minimum Gasteiger partial charge on any atom is -0.507 e. The van der Waals surface area contributed by atoms with E-state index in [2.05, 4.69) is 0 Å². The fourth-order valence-electron chi connectivity index (χ4n) is 3.25. The van der Waals surface area contributed by atoms with Crippen LogP contribution in [0.5, 0.6) is 17.2 Å². The topological polar surface area (TPSA) is 68.9 Å². The van der Waals surface area contributed by atoms with Crippen LogP contribution in [-0.2, 0) is 6.61 Å². The number of aromatic hydroxyl groups is 1. The highest BCUT2D eigenvalue weighted by atomic mass is 16.5. The minimum absolute atomic E-state index is 0.0625. The second-order valence-corrected chi connectivity index (χ2v) is 5.87. The van der Waals surface area contributed by atoms with Gasteiger partial charge in [-0.25, -0.2) is 0 Å². The van der Waals surface area contributed by atoms with Crippen molar-refractivity contribution in [2.24, 2.45) is 0 Å². The van der Waals surface area contributed by atoms with E-state index >= 15 is 0 Å². The Morgan fingerprint density at radius 3 is 2.67 bits per heavy atom.